The van der Waals surface area contributed by atoms with Gasteiger partial charge in [-0.25, -0.2) is 4.79 Å². The van der Waals surface area contributed by atoms with E-state index in [2.05, 4.69) is 10.4 Å². The number of amides is 1. The van der Waals surface area contributed by atoms with Crippen LogP contribution in [0.5, 0.6) is 0 Å². The Kier molecular flexibility index (Phi) is 5.28. The van der Waals surface area contributed by atoms with E-state index in [1.165, 1.54) is 17.4 Å². The Hall–Kier alpha value is -2.41. The third-order valence-corrected chi connectivity index (χ3v) is 3.63. The number of nitrogens with one attached hydrogen (secondary N) is 1. The molecule has 0 bridgehead atoms. The molecule has 2 N–H and O–H groups in total. The topological polar surface area (TPSA) is 84.2 Å². The van der Waals surface area contributed by atoms with E-state index in [-0.39, 0.29) is 5.91 Å². The number of aliphatic carboxylic acids is 1. The van der Waals surface area contributed by atoms with E-state index in [0.717, 1.165) is 16.5 Å². The van der Waals surface area contributed by atoms with Crippen molar-refractivity contribution >= 4 is 29.3 Å². The van der Waals surface area contributed by atoms with Gasteiger partial charge in [0.2, 0.25) is 5.91 Å². The van der Waals surface area contributed by atoms with E-state index in [1.807, 2.05) is 23.7 Å². The third-order valence-electron chi connectivity index (χ3n) is 2.68. The Morgan fingerprint density at radius 3 is 3.05 bits per heavy atom. The fourth-order valence-electron chi connectivity index (χ4n) is 1.67. The van der Waals surface area contributed by atoms with Crippen molar-refractivity contribution in [1.82, 2.24) is 15.1 Å². The number of nitrogens with zero attached hydrogens (tertiary/aromatic N) is 2. The Morgan fingerprint density at radius 1 is 1.48 bits per heavy atom. The number of hydrogen-bond donors (Lipinski definition) is 2. The van der Waals surface area contributed by atoms with Crippen LogP contribution in [-0.2, 0) is 22.7 Å². The average molecular weight is 305 g/mol. The molecule has 0 fully saturated rings. The van der Waals surface area contributed by atoms with Gasteiger partial charge in [0.1, 0.15) is 0 Å². The first-order valence-electron chi connectivity index (χ1n) is 6.36. The average Bonchev–Trinajstić information content (AvgIpc) is 3.12. The van der Waals surface area contributed by atoms with Crippen molar-refractivity contribution in [3.8, 4) is 0 Å². The molecule has 0 aliphatic carbocycles. The molecule has 0 aromatic carbocycles. The summed E-state index contributed by atoms with van der Waals surface area (Å²) >= 11 is 1.48. The lowest BCUT2D eigenvalue weighted by molar-refractivity contribution is -0.131. The van der Waals surface area contributed by atoms with Crippen LogP contribution >= 0.6 is 11.3 Å². The van der Waals surface area contributed by atoms with E-state index < -0.39 is 5.97 Å². The standard InChI is InChI=1S/C14H15N3O3S/c18-13(4-7-17-6-1-5-16-17)15-9-12-8-11(10-21-12)2-3-14(19)20/h1-3,5-6,8,10H,4,7,9H2,(H,15,18)(H,19,20). The van der Waals surface area contributed by atoms with Gasteiger partial charge < -0.3 is 10.4 Å². The highest BCUT2D eigenvalue weighted by Gasteiger charge is 2.04. The molecule has 2 aromatic rings. The van der Waals surface area contributed by atoms with E-state index in [4.69, 9.17) is 5.11 Å². The Balaban J connectivity index is 1.75. The minimum Gasteiger partial charge on any atom is -0.478 e. The normalized spacial score (nSPS) is 10.9. The molecule has 2 aromatic heterocycles. The molecule has 0 saturated carbocycles. The van der Waals surface area contributed by atoms with Crippen LogP contribution in [0.3, 0.4) is 0 Å². The number of aryl methyl sites for hydroxylation is 1. The molecule has 110 valence electrons. The number of carboxylic acids is 1. The molecular weight excluding hydrogens is 290 g/mol. The van der Waals surface area contributed by atoms with E-state index in [0.29, 0.717) is 19.5 Å². The molecule has 0 saturated heterocycles. The van der Waals surface area contributed by atoms with Crippen LogP contribution in [0.25, 0.3) is 6.08 Å². The van der Waals surface area contributed by atoms with Crippen molar-refractivity contribution in [2.75, 3.05) is 0 Å². The molecule has 0 atom stereocenters. The Labute approximate surface area is 125 Å². The fourth-order valence-corrected chi connectivity index (χ4v) is 2.46. The third kappa shape index (κ3) is 5.23. The summed E-state index contributed by atoms with van der Waals surface area (Å²) in [6, 6.07) is 3.67. The largest absolute Gasteiger partial charge is 0.478 e. The summed E-state index contributed by atoms with van der Waals surface area (Å²) in [5.41, 5.74) is 0.822. The number of carbonyl (C=O) groups is 2. The lowest BCUT2D eigenvalue weighted by Crippen LogP contribution is -2.23. The van der Waals surface area contributed by atoms with E-state index in [1.54, 1.807) is 10.9 Å². The number of carbonyl (C=O) groups excluding carboxylic acids is 1. The van der Waals surface area contributed by atoms with Crippen molar-refractivity contribution in [1.29, 1.82) is 0 Å². The second kappa shape index (κ2) is 7.39. The highest BCUT2D eigenvalue weighted by molar-refractivity contribution is 7.10. The predicted molar refractivity (Wildman–Crippen MR) is 79.7 cm³/mol. The molecule has 2 rings (SSSR count). The van der Waals surface area contributed by atoms with Gasteiger partial charge in [-0.3, -0.25) is 9.48 Å². The predicted octanol–water partition coefficient (Wildman–Crippen LogP) is 1.75. The van der Waals surface area contributed by atoms with Gasteiger partial charge in [-0.1, -0.05) is 0 Å². The van der Waals surface area contributed by atoms with Gasteiger partial charge in [0.05, 0.1) is 6.54 Å². The van der Waals surface area contributed by atoms with Gasteiger partial charge in [-0.05, 0) is 29.2 Å². The van der Waals surface area contributed by atoms with Crippen LogP contribution in [-0.4, -0.2) is 26.8 Å². The van der Waals surface area contributed by atoms with Crippen LogP contribution in [0.1, 0.15) is 16.9 Å². The molecular formula is C14H15N3O3S. The minimum atomic E-state index is -0.977. The first-order chi connectivity index (χ1) is 10.1. The first-order valence-corrected chi connectivity index (χ1v) is 7.24. The van der Waals surface area contributed by atoms with Gasteiger partial charge in [0.25, 0.3) is 0 Å². The number of thiophene rings is 1. The van der Waals surface area contributed by atoms with Crippen LogP contribution in [0.15, 0.2) is 36.0 Å². The minimum absolute atomic E-state index is 0.0403. The van der Waals surface area contributed by atoms with Gasteiger partial charge in [0.15, 0.2) is 0 Å². The molecule has 6 nitrogen and oxygen atoms in total. The van der Waals surface area contributed by atoms with Crippen molar-refractivity contribution in [2.45, 2.75) is 19.5 Å². The van der Waals surface area contributed by atoms with Crippen LogP contribution < -0.4 is 5.32 Å². The van der Waals surface area contributed by atoms with Crippen molar-refractivity contribution < 1.29 is 14.7 Å². The van der Waals surface area contributed by atoms with Gasteiger partial charge >= 0.3 is 5.97 Å². The number of aromatic nitrogens is 2. The summed E-state index contributed by atoms with van der Waals surface area (Å²) in [5.74, 6) is -1.02. The molecule has 1 amide bonds. The Bertz CT molecular complexity index is 632. The number of rotatable bonds is 7. The highest BCUT2D eigenvalue weighted by Crippen LogP contribution is 2.15. The lowest BCUT2D eigenvalue weighted by atomic mass is 10.3. The zero-order valence-electron chi connectivity index (χ0n) is 11.2. The highest BCUT2D eigenvalue weighted by atomic mass is 32.1. The molecule has 0 aliphatic heterocycles. The molecule has 0 unspecified atom stereocenters. The van der Waals surface area contributed by atoms with Crippen LogP contribution in [0, 0.1) is 0 Å². The summed E-state index contributed by atoms with van der Waals surface area (Å²) in [6.07, 6.45) is 6.48. The molecule has 21 heavy (non-hydrogen) atoms. The molecule has 7 heteroatoms. The van der Waals surface area contributed by atoms with Crippen LogP contribution in [0.4, 0.5) is 0 Å². The van der Waals surface area contributed by atoms with Crippen molar-refractivity contribution in [2.24, 2.45) is 0 Å². The summed E-state index contributed by atoms with van der Waals surface area (Å²) in [4.78, 5) is 23.1. The van der Waals surface area contributed by atoms with Gasteiger partial charge in [-0.2, -0.15) is 5.10 Å². The zero-order chi connectivity index (χ0) is 15.1. The summed E-state index contributed by atoms with van der Waals surface area (Å²) in [5, 5.41) is 17.3. The van der Waals surface area contributed by atoms with Crippen LogP contribution in [0.2, 0.25) is 0 Å². The van der Waals surface area contributed by atoms with E-state index in [9.17, 15) is 9.59 Å². The second-order valence-corrected chi connectivity index (χ2v) is 5.31. The van der Waals surface area contributed by atoms with Gasteiger partial charge in [0, 0.05) is 36.3 Å². The Morgan fingerprint density at radius 2 is 2.33 bits per heavy atom. The maximum absolute atomic E-state index is 11.7. The monoisotopic (exact) mass is 305 g/mol. The maximum atomic E-state index is 11.7. The summed E-state index contributed by atoms with van der Waals surface area (Å²) in [7, 11) is 0. The van der Waals surface area contributed by atoms with E-state index >= 15 is 0 Å². The number of carboxylic acid groups (broad SMARTS) is 1. The van der Waals surface area contributed by atoms with Crippen molar-refractivity contribution in [3.63, 3.8) is 0 Å². The number of hydrogen-bond acceptors (Lipinski definition) is 4. The quantitative estimate of drug-likeness (QED) is 0.763. The fraction of sp³-hybridized carbons (Fsp3) is 0.214. The summed E-state index contributed by atoms with van der Waals surface area (Å²) in [6.45, 7) is 0.999. The smallest absolute Gasteiger partial charge is 0.328 e. The maximum Gasteiger partial charge on any atom is 0.328 e. The van der Waals surface area contributed by atoms with Crippen molar-refractivity contribution in [3.05, 3.63) is 46.4 Å². The molecule has 2 heterocycles. The molecule has 0 spiro atoms. The lowest BCUT2D eigenvalue weighted by Gasteiger charge is -2.03. The molecule has 0 radical (unpaired) electrons. The zero-order valence-corrected chi connectivity index (χ0v) is 12.0. The van der Waals surface area contributed by atoms with Gasteiger partial charge in [-0.15, -0.1) is 11.3 Å². The summed E-state index contributed by atoms with van der Waals surface area (Å²) < 4.78 is 1.71. The SMILES string of the molecule is O=C(O)C=Cc1csc(CNC(=O)CCn2cccn2)c1. The molecule has 0 aliphatic rings. The second-order valence-electron chi connectivity index (χ2n) is 4.31. The first kappa shape index (κ1) is 15.0.